The standard InChI is InChI=1S/C63H38N2O2/c66-61-51-24-6-4-19-46(51)54-36-42(37-55-47-20-5-7-25-52(47)62(67)65(61)60(54)55)41-17-14-18-44(35-41)64(43-31-29-40(30-32-43)39-15-2-1-3-16-39)45-33-34-59-53(38-45)50-23-10-13-28-58(50)63(59)56-26-11-8-21-48(56)49-22-9-12-27-57(49)63/h1-38H. The van der Waals surface area contributed by atoms with Crippen molar-refractivity contribution in [2.45, 2.75) is 5.41 Å². The van der Waals surface area contributed by atoms with E-state index in [1.807, 2.05) is 48.5 Å². The minimum Gasteiger partial charge on any atom is -0.310 e. The number of fused-ring (bicyclic) bond motifs is 14. The van der Waals surface area contributed by atoms with Crippen LogP contribution in [0.25, 0.3) is 82.3 Å². The van der Waals surface area contributed by atoms with Gasteiger partial charge in [-0.15, -0.1) is 0 Å². The molecule has 12 aromatic rings. The van der Waals surface area contributed by atoms with E-state index in [9.17, 15) is 9.59 Å². The summed E-state index contributed by atoms with van der Waals surface area (Å²) >= 11 is 0. The molecule has 1 spiro atoms. The van der Waals surface area contributed by atoms with Gasteiger partial charge in [0.05, 0.1) is 10.9 Å². The van der Waals surface area contributed by atoms with Crippen LogP contribution in [0.1, 0.15) is 22.3 Å². The van der Waals surface area contributed by atoms with E-state index in [0.29, 0.717) is 16.3 Å². The van der Waals surface area contributed by atoms with Crippen LogP contribution in [0.4, 0.5) is 17.1 Å². The number of hydrogen-bond donors (Lipinski definition) is 0. The average Bonchev–Trinajstić information content (AvgIpc) is 3.86. The number of benzene rings is 10. The maximum atomic E-state index is 14.1. The Balaban J connectivity index is 0.995. The van der Waals surface area contributed by atoms with Gasteiger partial charge in [0.25, 0.3) is 11.1 Å². The fourth-order valence-electron chi connectivity index (χ4n) is 11.7. The first kappa shape index (κ1) is 37.5. The SMILES string of the molecule is O=c1c2ccccc2c2cc(-c3cccc(N(c4ccc(-c5ccccc5)cc4)c4ccc5c(c4)-c4ccccc4C54c5ccccc5-c5ccccc54)c3)cc3c4ccccc4c(=O)n1c23. The molecule has 0 unspecified atom stereocenters. The molecule has 4 heteroatoms. The van der Waals surface area contributed by atoms with E-state index >= 15 is 0 Å². The third-order valence-corrected chi connectivity index (χ3v) is 14.5. The molecule has 2 heterocycles. The van der Waals surface area contributed by atoms with Crippen LogP contribution in [0, 0.1) is 0 Å². The largest absolute Gasteiger partial charge is 0.310 e. The van der Waals surface area contributed by atoms with Crippen molar-refractivity contribution in [2.24, 2.45) is 0 Å². The third-order valence-electron chi connectivity index (χ3n) is 14.5. The molecule has 14 rings (SSSR count). The highest BCUT2D eigenvalue weighted by atomic mass is 16.2. The zero-order chi connectivity index (χ0) is 44.4. The zero-order valence-electron chi connectivity index (χ0n) is 36.2. The second kappa shape index (κ2) is 14.1. The molecule has 312 valence electrons. The lowest BCUT2D eigenvalue weighted by Crippen LogP contribution is -2.27. The van der Waals surface area contributed by atoms with Gasteiger partial charge < -0.3 is 4.90 Å². The van der Waals surface area contributed by atoms with Crippen LogP contribution in [0.15, 0.2) is 240 Å². The van der Waals surface area contributed by atoms with Crippen molar-refractivity contribution < 1.29 is 0 Å². The van der Waals surface area contributed by atoms with E-state index in [1.165, 1.54) is 54.5 Å². The Bertz CT molecular complexity index is 4000. The summed E-state index contributed by atoms with van der Waals surface area (Å²) in [7, 11) is 0. The summed E-state index contributed by atoms with van der Waals surface area (Å²) < 4.78 is 1.38. The molecule has 67 heavy (non-hydrogen) atoms. The van der Waals surface area contributed by atoms with Gasteiger partial charge in [-0.3, -0.25) is 9.59 Å². The highest BCUT2D eigenvalue weighted by Gasteiger charge is 2.51. The minimum absolute atomic E-state index is 0.295. The lowest BCUT2D eigenvalue weighted by Gasteiger charge is -2.31. The fourth-order valence-corrected chi connectivity index (χ4v) is 11.7. The number of aromatic nitrogens is 1. The molecule has 2 aromatic heterocycles. The van der Waals surface area contributed by atoms with Crippen molar-refractivity contribution >= 4 is 54.9 Å². The van der Waals surface area contributed by atoms with Gasteiger partial charge in [-0.25, -0.2) is 4.40 Å². The van der Waals surface area contributed by atoms with Crippen molar-refractivity contribution in [1.82, 2.24) is 4.40 Å². The molecule has 0 bridgehead atoms. The van der Waals surface area contributed by atoms with Crippen molar-refractivity contribution in [1.29, 1.82) is 0 Å². The van der Waals surface area contributed by atoms with Gasteiger partial charge in [0, 0.05) is 38.6 Å². The topological polar surface area (TPSA) is 41.8 Å². The van der Waals surface area contributed by atoms with Gasteiger partial charge in [-0.05, 0) is 138 Å². The number of pyridine rings is 2. The molecule has 4 nitrogen and oxygen atoms in total. The Morgan fingerprint density at radius 1 is 0.299 bits per heavy atom. The monoisotopic (exact) mass is 854 g/mol. The van der Waals surface area contributed by atoms with Crippen LogP contribution in [0.3, 0.4) is 0 Å². The lowest BCUT2D eigenvalue weighted by atomic mass is 9.70. The van der Waals surface area contributed by atoms with Gasteiger partial charge in [0.1, 0.15) is 0 Å². The summed E-state index contributed by atoms with van der Waals surface area (Å²) in [6.07, 6.45) is 0. The molecule has 2 aliphatic carbocycles. The summed E-state index contributed by atoms with van der Waals surface area (Å²) in [5.74, 6) is 0. The lowest BCUT2D eigenvalue weighted by molar-refractivity contribution is 0.794. The van der Waals surface area contributed by atoms with Crippen LogP contribution in [0.2, 0.25) is 0 Å². The molecule has 0 N–H and O–H groups in total. The summed E-state index contributed by atoms with van der Waals surface area (Å²) in [4.78, 5) is 30.5. The first-order chi connectivity index (χ1) is 33.1. The first-order valence-corrected chi connectivity index (χ1v) is 22.8. The van der Waals surface area contributed by atoms with E-state index in [4.69, 9.17) is 0 Å². The Morgan fingerprint density at radius 3 is 1.34 bits per heavy atom. The summed E-state index contributed by atoms with van der Waals surface area (Å²) in [5, 5.41) is 4.43. The highest BCUT2D eigenvalue weighted by Crippen LogP contribution is 2.63. The molecule has 0 saturated heterocycles. The Labute approximate surface area is 385 Å². The molecule has 0 atom stereocenters. The maximum Gasteiger partial charge on any atom is 0.266 e. The Morgan fingerprint density at radius 2 is 0.746 bits per heavy atom. The molecular weight excluding hydrogens is 817 g/mol. The zero-order valence-corrected chi connectivity index (χ0v) is 36.2. The maximum absolute atomic E-state index is 14.1. The predicted molar refractivity (Wildman–Crippen MR) is 275 cm³/mol. The average molecular weight is 855 g/mol. The van der Waals surface area contributed by atoms with Gasteiger partial charge >= 0.3 is 0 Å². The summed E-state index contributed by atoms with van der Waals surface area (Å²) in [6, 6.07) is 81.6. The normalized spacial score (nSPS) is 13.0. The minimum atomic E-state index is -0.436. The molecule has 0 radical (unpaired) electrons. The molecule has 2 aliphatic rings. The summed E-state index contributed by atoms with van der Waals surface area (Å²) in [6.45, 7) is 0. The van der Waals surface area contributed by atoms with E-state index in [2.05, 4.69) is 187 Å². The van der Waals surface area contributed by atoms with Crippen molar-refractivity contribution in [3.05, 3.63) is 273 Å². The molecular formula is C63H38N2O2. The van der Waals surface area contributed by atoms with Crippen LogP contribution in [-0.2, 0) is 5.41 Å². The molecule has 0 aliphatic heterocycles. The molecule has 0 amide bonds. The number of rotatable bonds is 5. The summed E-state index contributed by atoms with van der Waals surface area (Å²) in [5.41, 5.74) is 17.3. The van der Waals surface area contributed by atoms with Crippen LogP contribution < -0.4 is 16.0 Å². The fraction of sp³-hybridized carbons (Fsp3) is 0.0159. The second-order valence-electron chi connectivity index (χ2n) is 17.9. The van der Waals surface area contributed by atoms with Gasteiger partial charge in [0.2, 0.25) is 0 Å². The van der Waals surface area contributed by atoms with E-state index in [1.54, 1.807) is 0 Å². The number of anilines is 3. The van der Waals surface area contributed by atoms with Crippen molar-refractivity contribution in [2.75, 3.05) is 4.90 Å². The van der Waals surface area contributed by atoms with Crippen molar-refractivity contribution in [3.8, 4) is 44.5 Å². The first-order valence-electron chi connectivity index (χ1n) is 22.8. The Kier molecular flexibility index (Phi) is 7.88. The number of hydrogen-bond acceptors (Lipinski definition) is 3. The van der Waals surface area contributed by atoms with Crippen LogP contribution in [0.5, 0.6) is 0 Å². The van der Waals surface area contributed by atoms with E-state index in [0.717, 1.165) is 55.3 Å². The Hall–Kier alpha value is -8.86. The predicted octanol–water partition coefficient (Wildman–Crippen LogP) is 14.7. The van der Waals surface area contributed by atoms with E-state index < -0.39 is 5.41 Å². The van der Waals surface area contributed by atoms with Crippen LogP contribution >= 0.6 is 0 Å². The van der Waals surface area contributed by atoms with Crippen LogP contribution in [-0.4, -0.2) is 4.40 Å². The molecule has 10 aromatic carbocycles. The molecule has 0 fully saturated rings. The number of nitrogens with zero attached hydrogens (tertiary/aromatic N) is 2. The van der Waals surface area contributed by atoms with Gasteiger partial charge in [-0.2, -0.15) is 0 Å². The third kappa shape index (κ3) is 5.18. The van der Waals surface area contributed by atoms with Gasteiger partial charge in [0.15, 0.2) is 0 Å². The van der Waals surface area contributed by atoms with E-state index in [-0.39, 0.29) is 11.1 Å². The van der Waals surface area contributed by atoms with Crippen molar-refractivity contribution in [3.63, 3.8) is 0 Å². The second-order valence-corrected chi connectivity index (χ2v) is 17.9. The van der Waals surface area contributed by atoms with Gasteiger partial charge in [-0.1, -0.05) is 170 Å². The quantitative estimate of drug-likeness (QED) is 0.128. The highest BCUT2D eigenvalue weighted by molar-refractivity contribution is 6.19. The molecule has 0 saturated carbocycles. The smallest absolute Gasteiger partial charge is 0.266 e.